The lowest BCUT2D eigenvalue weighted by Crippen LogP contribution is -2.36. The van der Waals surface area contributed by atoms with E-state index in [0.717, 1.165) is 48.2 Å². The molecule has 0 radical (unpaired) electrons. The van der Waals surface area contributed by atoms with Crippen LogP contribution in [0.1, 0.15) is 23.2 Å². The van der Waals surface area contributed by atoms with Crippen molar-refractivity contribution in [3.63, 3.8) is 0 Å². The van der Waals surface area contributed by atoms with E-state index in [0.29, 0.717) is 23.7 Å². The Labute approximate surface area is 178 Å². The van der Waals surface area contributed by atoms with Crippen LogP contribution in [0.25, 0.3) is 16.6 Å². The SMILES string of the molecule is NCC1CCN(c2cc3ncccc3cc2NC(=O)c2cnn3cc(O)cnc23)CC1. The summed E-state index contributed by atoms with van der Waals surface area (Å²) >= 11 is 0. The molecule has 1 saturated heterocycles. The van der Waals surface area contributed by atoms with Crippen LogP contribution in [-0.4, -0.2) is 50.2 Å². The first kappa shape index (κ1) is 19.3. The lowest BCUT2D eigenvalue weighted by Gasteiger charge is -2.34. The summed E-state index contributed by atoms with van der Waals surface area (Å²) in [6.45, 7) is 2.45. The zero-order chi connectivity index (χ0) is 21.4. The van der Waals surface area contributed by atoms with Gasteiger partial charge in [0.15, 0.2) is 11.4 Å². The fourth-order valence-corrected chi connectivity index (χ4v) is 4.10. The maximum absolute atomic E-state index is 13.1. The Hall–Kier alpha value is -3.72. The highest BCUT2D eigenvalue weighted by atomic mass is 16.3. The van der Waals surface area contributed by atoms with Gasteiger partial charge >= 0.3 is 0 Å². The number of anilines is 2. The Bertz CT molecular complexity index is 1260. The number of nitrogens with two attached hydrogens (primary N) is 1. The Morgan fingerprint density at radius 2 is 2.06 bits per heavy atom. The predicted molar refractivity (Wildman–Crippen MR) is 118 cm³/mol. The van der Waals surface area contributed by atoms with Crippen molar-refractivity contribution < 1.29 is 9.90 Å². The third kappa shape index (κ3) is 3.64. The number of hydrogen-bond acceptors (Lipinski definition) is 7. The second kappa shape index (κ2) is 7.84. The number of hydrogen-bond donors (Lipinski definition) is 3. The monoisotopic (exact) mass is 417 g/mol. The van der Waals surface area contributed by atoms with Gasteiger partial charge in [-0.15, -0.1) is 0 Å². The van der Waals surface area contributed by atoms with Crippen molar-refractivity contribution in [2.75, 3.05) is 29.9 Å². The van der Waals surface area contributed by atoms with E-state index in [1.807, 2.05) is 24.3 Å². The number of fused-ring (bicyclic) bond motifs is 2. The minimum absolute atomic E-state index is 0.0206. The number of amides is 1. The number of carbonyl (C=O) groups excluding carboxylic acids is 1. The highest BCUT2D eigenvalue weighted by Gasteiger charge is 2.23. The number of piperidine rings is 1. The molecule has 4 N–H and O–H groups in total. The minimum Gasteiger partial charge on any atom is -0.505 e. The summed E-state index contributed by atoms with van der Waals surface area (Å²) in [6.07, 6.45) is 7.96. The van der Waals surface area contributed by atoms with Gasteiger partial charge in [0, 0.05) is 24.7 Å². The average molecular weight is 417 g/mol. The van der Waals surface area contributed by atoms with Crippen LogP contribution in [-0.2, 0) is 0 Å². The summed E-state index contributed by atoms with van der Waals surface area (Å²) < 4.78 is 1.38. The van der Waals surface area contributed by atoms with Crippen LogP contribution in [0.15, 0.2) is 49.1 Å². The van der Waals surface area contributed by atoms with Crippen LogP contribution in [0.2, 0.25) is 0 Å². The fraction of sp³-hybridized carbons (Fsp3) is 0.273. The number of pyridine rings is 1. The smallest absolute Gasteiger partial charge is 0.261 e. The van der Waals surface area contributed by atoms with Gasteiger partial charge in [0.2, 0.25) is 0 Å². The summed E-state index contributed by atoms with van der Waals surface area (Å²) in [5.41, 5.74) is 9.10. The van der Waals surface area contributed by atoms with Crippen molar-refractivity contribution in [2.45, 2.75) is 12.8 Å². The highest BCUT2D eigenvalue weighted by molar-refractivity contribution is 6.10. The summed E-state index contributed by atoms with van der Waals surface area (Å²) in [7, 11) is 0. The predicted octanol–water partition coefficient (Wildman–Crippen LogP) is 2.41. The summed E-state index contributed by atoms with van der Waals surface area (Å²) in [5.74, 6) is 0.205. The molecule has 1 aliphatic heterocycles. The third-order valence-corrected chi connectivity index (χ3v) is 5.84. The molecule has 5 rings (SSSR count). The third-order valence-electron chi connectivity index (χ3n) is 5.84. The van der Waals surface area contributed by atoms with Gasteiger partial charge in [0.1, 0.15) is 5.56 Å². The van der Waals surface area contributed by atoms with Gasteiger partial charge in [-0.1, -0.05) is 6.07 Å². The van der Waals surface area contributed by atoms with Gasteiger partial charge in [-0.3, -0.25) is 9.78 Å². The van der Waals surface area contributed by atoms with Gasteiger partial charge in [-0.25, -0.2) is 9.50 Å². The van der Waals surface area contributed by atoms with E-state index in [1.54, 1.807) is 6.20 Å². The standard InChI is InChI=1S/C22H23N7O2/c23-10-14-3-6-28(7-4-14)20-9-18-15(2-1-5-24-18)8-19(20)27-22(31)17-12-26-29-13-16(30)11-25-21(17)29/h1-2,5,8-9,11-14,30H,3-4,6-7,10,23H2,(H,27,31). The topological polar surface area (TPSA) is 122 Å². The molecule has 9 heteroatoms. The Balaban J connectivity index is 1.51. The Morgan fingerprint density at radius 3 is 2.87 bits per heavy atom. The fourth-order valence-electron chi connectivity index (χ4n) is 4.10. The normalized spacial score (nSPS) is 14.9. The number of aromatic nitrogens is 4. The van der Waals surface area contributed by atoms with Crippen LogP contribution >= 0.6 is 0 Å². The molecule has 0 unspecified atom stereocenters. The lowest BCUT2D eigenvalue weighted by molar-refractivity contribution is 0.102. The molecule has 158 valence electrons. The molecule has 1 amide bonds. The van der Waals surface area contributed by atoms with E-state index < -0.39 is 0 Å². The quantitative estimate of drug-likeness (QED) is 0.466. The van der Waals surface area contributed by atoms with E-state index in [1.165, 1.54) is 23.1 Å². The molecule has 1 aromatic carbocycles. The van der Waals surface area contributed by atoms with Crippen molar-refractivity contribution in [3.8, 4) is 5.75 Å². The zero-order valence-electron chi connectivity index (χ0n) is 16.9. The molecule has 4 aromatic rings. The van der Waals surface area contributed by atoms with Gasteiger partial charge in [0.05, 0.1) is 35.5 Å². The molecule has 9 nitrogen and oxygen atoms in total. The van der Waals surface area contributed by atoms with Crippen LogP contribution in [0.3, 0.4) is 0 Å². The van der Waals surface area contributed by atoms with E-state index >= 15 is 0 Å². The van der Waals surface area contributed by atoms with Crippen molar-refractivity contribution in [3.05, 3.63) is 54.6 Å². The molecule has 1 aliphatic rings. The number of aromatic hydroxyl groups is 1. The van der Waals surface area contributed by atoms with Gasteiger partial charge in [0.25, 0.3) is 5.91 Å². The number of benzene rings is 1. The van der Waals surface area contributed by atoms with Crippen molar-refractivity contribution in [2.24, 2.45) is 11.7 Å². The van der Waals surface area contributed by atoms with Crippen molar-refractivity contribution >= 4 is 33.8 Å². The minimum atomic E-state index is -0.311. The summed E-state index contributed by atoms with van der Waals surface area (Å²) in [4.78, 5) is 24.0. The molecule has 1 fully saturated rings. The number of nitrogens with one attached hydrogen (secondary N) is 1. The first-order valence-electron chi connectivity index (χ1n) is 10.3. The molecule has 31 heavy (non-hydrogen) atoms. The largest absolute Gasteiger partial charge is 0.505 e. The highest BCUT2D eigenvalue weighted by Crippen LogP contribution is 2.34. The van der Waals surface area contributed by atoms with E-state index in [4.69, 9.17) is 5.73 Å². The lowest BCUT2D eigenvalue weighted by atomic mass is 9.96. The van der Waals surface area contributed by atoms with Crippen LogP contribution in [0, 0.1) is 5.92 Å². The molecule has 0 bridgehead atoms. The molecule has 3 aromatic heterocycles. The maximum atomic E-state index is 13.1. The van der Waals surface area contributed by atoms with Crippen LogP contribution in [0.4, 0.5) is 11.4 Å². The van der Waals surface area contributed by atoms with E-state index in [9.17, 15) is 9.90 Å². The Morgan fingerprint density at radius 1 is 1.23 bits per heavy atom. The van der Waals surface area contributed by atoms with Crippen LogP contribution < -0.4 is 16.0 Å². The molecular formula is C22H23N7O2. The molecule has 0 aliphatic carbocycles. The second-order valence-electron chi connectivity index (χ2n) is 7.82. The Kier molecular flexibility index (Phi) is 4.87. The van der Waals surface area contributed by atoms with E-state index in [-0.39, 0.29) is 11.7 Å². The zero-order valence-corrected chi connectivity index (χ0v) is 16.9. The molecule has 0 atom stereocenters. The number of rotatable bonds is 4. The maximum Gasteiger partial charge on any atom is 0.261 e. The van der Waals surface area contributed by atoms with Crippen LogP contribution in [0.5, 0.6) is 5.75 Å². The molecule has 0 spiro atoms. The first-order chi connectivity index (χ1) is 15.1. The number of nitrogens with zero attached hydrogens (tertiary/aromatic N) is 5. The summed E-state index contributed by atoms with van der Waals surface area (Å²) in [6, 6.07) is 7.83. The first-order valence-corrected chi connectivity index (χ1v) is 10.3. The van der Waals surface area contributed by atoms with Gasteiger partial charge < -0.3 is 21.1 Å². The average Bonchev–Trinajstić information content (AvgIpc) is 3.22. The van der Waals surface area contributed by atoms with Gasteiger partial charge in [-0.2, -0.15) is 5.10 Å². The van der Waals surface area contributed by atoms with Crippen molar-refractivity contribution in [1.29, 1.82) is 0 Å². The van der Waals surface area contributed by atoms with E-state index in [2.05, 4.69) is 25.3 Å². The second-order valence-corrected chi connectivity index (χ2v) is 7.82. The molecule has 0 saturated carbocycles. The molecular weight excluding hydrogens is 394 g/mol. The molecule has 4 heterocycles. The number of carbonyl (C=O) groups is 1. The van der Waals surface area contributed by atoms with Crippen molar-refractivity contribution in [1.82, 2.24) is 19.6 Å². The van der Waals surface area contributed by atoms with Gasteiger partial charge in [-0.05, 0) is 43.5 Å². The summed E-state index contributed by atoms with van der Waals surface area (Å²) in [5, 5.41) is 17.7.